The van der Waals surface area contributed by atoms with Crippen LogP contribution in [0.4, 0.5) is 19.0 Å². The van der Waals surface area contributed by atoms with Gasteiger partial charge in [-0.05, 0) is 50.4 Å². The Morgan fingerprint density at radius 3 is 2.48 bits per heavy atom. The molecule has 3 heterocycles. The topological polar surface area (TPSA) is 53.9 Å². The molecule has 5 nitrogen and oxygen atoms in total. The molecule has 2 aromatic heterocycles. The zero-order valence-corrected chi connectivity index (χ0v) is 15.3. The van der Waals surface area contributed by atoms with Crippen molar-refractivity contribution in [1.29, 1.82) is 0 Å². The number of rotatable bonds is 6. The van der Waals surface area contributed by atoms with Crippen LogP contribution in [0.1, 0.15) is 25.5 Å². The summed E-state index contributed by atoms with van der Waals surface area (Å²) in [6.07, 6.45) is 1.60. The summed E-state index contributed by atoms with van der Waals surface area (Å²) in [7, 11) is 0. The van der Waals surface area contributed by atoms with E-state index in [1.807, 2.05) is 25.1 Å². The minimum Gasteiger partial charge on any atom is -0.370 e. The van der Waals surface area contributed by atoms with Crippen LogP contribution < -0.4 is 5.32 Å². The third-order valence-corrected chi connectivity index (χ3v) is 4.76. The van der Waals surface area contributed by atoms with Crippen LogP contribution in [0.15, 0.2) is 30.6 Å². The third kappa shape index (κ3) is 5.89. The lowest BCUT2D eigenvalue weighted by Gasteiger charge is -2.32. The molecular weight excluding hydrogens is 355 g/mol. The Balaban J connectivity index is 1.58. The van der Waals surface area contributed by atoms with Gasteiger partial charge >= 0.3 is 6.18 Å². The predicted octanol–water partition coefficient (Wildman–Crippen LogP) is 3.79. The van der Waals surface area contributed by atoms with Gasteiger partial charge in [0, 0.05) is 36.3 Å². The second kappa shape index (κ2) is 8.65. The Kier molecular flexibility index (Phi) is 6.26. The van der Waals surface area contributed by atoms with E-state index in [-0.39, 0.29) is 0 Å². The van der Waals surface area contributed by atoms with Gasteiger partial charge in [0.25, 0.3) is 0 Å². The monoisotopic (exact) mass is 379 g/mol. The largest absolute Gasteiger partial charge is 0.401 e. The molecule has 1 aliphatic rings. The number of pyridine rings is 1. The van der Waals surface area contributed by atoms with Gasteiger partial charge in [0.2, 0.25) is 0 Å². The van der Waals surface area contributed by atoms with E-state index in [0.717, 1.165) is 36.3 Å². The second-order valence-electron chi connectivity index (χ2n) is 6.87. The number of hydrogen-bond donors (Lipinski definition) is 1. The molecule has 8 heteroatoms. The van der Waals surface area contributed by atoms with E-state index < -0.39 is 12.7 Å². The smallest absolute Gasteiger partial charge is 0.370 e. The van der Waals surface area contributed by atoms with Crippen molar-refractivity contribution >= 4 is 5.82 Å². The molecule has 0 aromatic carbocycles. The van der Waals surface area contributed by atoms with Crippen LogP contribution in [-0.4, -0.2) is 52.2 Å². The quantitative estimate of drug-likeness (QED) is 0.828. The fourth-order valence-electron chi connectivity index (χ4n) is 3.25. The molecule has 2 aromatic rings. The maximum atomic E-state index is 12.5. The van der Waals surface area contributed by atoms with Crippen LogP contribution in [0.3, 0.4) is 0 Å². The molecule has 0 radical (unpaired) electrons. The van der Waals surface area contributed by atoms with Crippen molar-refractivity contribution in [3.05, 3.63) is 36.3 Å². The summed E-state index contributed by atoms with van der Waals surface area (Å²) in [6.45, 7) is 2.90. The fourth-order valence-corrected chi connectivity index (χ4v) is 3.25. The summed E-state index contributed by atoms with van der Waals surface area (Å²) in [5.41, 5.74) is 1.85. The molecule has 0 unspecified atom stereocenters. The third-order valence-electron chi connectivity index (χ3n) is 4.76. The molecule has 1 fully saturated rings. The Bertz CT molecular complexity index is 728. The van der Waals surface area contributed by atoms with Crippen LogP contribution in [0.5, 0.6) is 0 Å². The van der Waals surface area contributed by atoms with Gasteiger partial charge in [-0.1, -0.05) is 6.92 Å². The van der Waals surface area contributed by atoms with Gasteiger partial charge < -0.3 is 5.32 Å². The lowest BCUT2D eigenvalue weighted by Crippen LogP contribution is -2.41. The van der Waals surface area contributed by atoms with Crippen molar-refractivity contribution in [3.8, 4) is 11.4 Å². The molecule has 1 aliphatic heterocycles. The van der Waals surface area contributed by atoms with Gasteiger partial charge in [-0.15, -0.1) is 0 Å². The molecule has 146 valence electrons. The number of nitrogens with one attached hydrogen (secondary N) is 1. The lowest BCUT2D eigenvalue weighted by molar-refractivity contribution is -0.148. The normalized spacial score (nSPS) is 16.4. The average molecular weight is 379 g/mol. The molecule has 0 spiro atoms. The van der Waals surface area contributed by atoms with Crippen molar-refractivity contribution in [1.82, 2.24) is 19.9 Å². The van der Waals surface area contributed by atoms with Crippen LogP contribution >= 0.6 is 0 Å². The summed E-state index contributed by atoms with van der Waals surface area (Å²) in [4.78, 5) is 14.7. The molecular formula is C19H24F3N5. The number of hydrogen-bond acceptors (Lipinski definition) is 5. The van der Waals surface area contributed by atoms with E-state index in [2.05, 4.69) is 20.3 Å². The first-order chi connectivity index (χ1) is 12.9. The highest BCUT2D eigenvalue weighted by Gasteiger charge is 2.32. The Morgan fingerprint density at radius 2 is 1.85 bits per heavy atom. The van der Waals surface area contributed by atoms with Gasteiger partial charge in [-0.2, -0.15) is 13.2 Å². The van der Waals surface area contributed by atoms with Crippen molar-refractivity contribution < 1.29 is 13.2 Å². The van der Waals surface area contributed by atoms with Gasteiger partial charge in [0.05, 0.1) is 6.54 Å². The Morgan fingerprint density at radius 1 is 1.15 bits per heavy atom. The first kappa shape index (κ1) is 19.5. The Labute approximate surface area is 157 Å². The zero-order valence-electron chi connectivity index (χ0n) is 15.3. The van der Waals surface area contributed by atoms with Gasteiger partial charge in [-0.3, -0.25) is 9.88 Å². The number of nitrogens with zero attached hydrogens (tertiary/aromatic N) is 4. The van der Waals surface area contributed by atoms with Gasteiger partial charge in [0.1, 0.15) is 5.82 Å². The second-order valence-corrected chi connectivity index (χ2v) is 6.87. The highest BCUT2D eigenvalue weighted by molar-refractivity contribution is 5.56. The standard InChI is InChI=1S/C19H24F3N5/c1-2-16-11-17(26-18(25-16)15-3-7-23-8-4-15)24-12-14-5-9-27(10-6-14)13-19(20,21)22/h3-4,7-8,11,14H,2,5-6,9-10,12-13H2,1H3,(H,24,25,26). The maximum absolute atomic E-state index is 12.5. The summed E-state index contributed by atoms with van der Waals surface area (Å²) in [5, 5.41) is 3.35. The van der Waals surface area contributed by atoms with E-state index >= 15 is 0 Å². The lowest BCUT2D eigenvalue weighted by atomic mass is 9.97. The van der Waals surface area contributed by atoms with Crippen LogP contribution in [0.2, 0.25) is 0 Å². The minimum absolute atomic E-state index is 0.346. The summed E-state index contributed by atoms with van der Waals surface area (Å²) in [5.74, 6) is 1.75. The molecule has 0 saturated carbocycles. The SMILES string of the molecule is CCc1cc(NCC2CCN(CC(F)(F)F)CC2)nc(-c2ccncc2)n1. The Hall–Kier alpha value is -2.22. The maximum Gasteiger partial charge on any atom is 0.401 e. The molecule has 0 bridgehead atoms. The molecule has 0 amide bonds. The van der Waals surface area contributed by atoms with Crippen molar-refractivity contribution in [2.24, 2.45) is 5.92 Å². The number of aryl methyl sites for hydroxylation is 1. The van der Waals surface area contributed by atoms with Crippen molar-refractivity contribution in [2.75, 3.05) is 31.5 Å². The first-order valence-corrected chi connectivity index (χ1v) is 9.24. The summed E-state index contributed by atoms with van der Waals surface area (Å²) < 4.78 is 37.5. The van der Waals surface area contributed by atoms with E-state index in [9.17, 15) is 13.2 Å². The van der Waals surface area contributed by atoms with Gasteiger partial charge in [0.15, 0.2) is 5.82 Å². The molecule has 0 aliphatic carbocycles. The fraction of sp³-hybridized carbons (Fsp3) is 0.526. The first-order valence-electron chi connectivity index (χ1n) is 9.24. The number of anilines is 1. The molecule has 27 heavy (non-hydrogen) atoms. The van der Waals surface area contributed by atoms with Crippen molar-refractivity contribution in [2.45, 2.75) is 32.4 Å². The number of alkyl halides is 3. The highest BCUT2D eigenvalue weighted by Crippen LogP contribution is 2.23. The molecule has 1 N–H and O–H groups in total. The van der Waals surface area contributed by atoms with E-state index in [1.165, 1.54) is 4.90 Å². The highest BCUT2D eigenvalue weighted by atomic mass is 19.4. The summed E-state index contributed by atoms with van der Waals surface area (Å²) in [6, 6.07) is 5.67. The van der Waals surface area contributed by atoms with Crippen LogP contribution in [0, 0.1) is 5.92 Å². The van der Waals surface area contributed by atoms with Crippen LogP contribution in [-0.2, 0) is 6.42 Å². The summed E-state index contributed by atoms with van der Waals surface area (Å²) >= 11 is 0. The molecule has 0 atom stereocenters. The number of likely N-dealkylation sites (tertiary alicyclic amines) is 1. The van der Waals surface area contributed by atoms with E-state index in [4.69, 9.17) is 0 Å². The van der Waals surface area contributed by atoms with E-state index in [1.54, 1.807) is 12.4 Å². The van der Waals surface area contributed by atoms with Crippen molar-refractivity contribution in [3.63, 3.8) is 0 Å². The number of piperidine rings is 1. The van der Waals surface area contributed by atoms with E-state index in [0.29, 0.717) is 31.4 Å². The zero-order chi connectivity index (χ0) is 19.3. The molecule has 1 saturated heterocycles. The van der Waals surface area contributed by atoms with Gasteiger partial charge in [-0.25, -0.2) is 9.97 Å². The number of aromatic nitrogens is 3. The van der Waals surface area contributed by atoms with Crippen LogP contribution in [0.25, 0.3) is 11.4 Å². The number of halogens is 3. The average Bonchev–Trinajstić information content (AvgIpc) is 2.66. The minimum atomic E-state index is -4.12. The molecule has 3 rings (SSSR count). The predicted molar refractivity (Wildman–Crippen MR) is 98.3 cm³/mol.